The molecular weight excluding hydrogens is 238 g/mol. The summed E-state index contributed by atoms with van der Waals surface area (Å²) in [6.07, 6.45) is 0. The Morgan fingerprint density at radius 1 is 1.24 bits per heavy atom. The van der Waals surface area contributed by atoms with Gasteiger partial charge in [0.1, 0.15) is 0 Å². The smallest absolute Gasteiger partial charge is 0.377 e. The van der Waals surface area contributed by atoms with Gasteiger partial charge < -0.3 is 18.6 Å². The Bertz CT molecular complexity index is 279. The van der Waals surface area contributed by atoms with Crippen LogP contribution in [0.3, 0.4) is 0 Å². The summed E-state index contributed by atoms with van der Waals surface area (Å²) in [6.45, 7) is 9.06. The fourth-order valence-electron chi connectivity index (χ4n) is 1.47. The molecule has 0 saturated carbocycles. The molecule has 0 aromatic rings. The summed E-state index contributed by atoms with van der Waals surface area (Å²) in [5.74, 6) is -0.179. The summed E-state index contributed by atoms with van der Waals surface area (Å²) in [6, 6.07) is 0.489. The number of carbonyl (C=O) groups excluding carboxylic acids is 1. The number of nitrogens with one attached hydrogen (secondary N) is 1. The fraction of sp³-hybridized carbons (Fsp3) is 0.727. The van der Waals surface area contributed by atoms with Gasteiger partial charge in [-0.1, -0.05) is 6.58 Å². The van der Waals surface area contributed by atoms with E-state index in [1.165, 1.54) is 0 Å². The van der Waals surface area contributed by atoms with E-state index in [2.05, 4.69) is 11.9 Å². The van der Waals surface area contributed by atoms with Crippen molar-refractivity contribution in [3.05, 3.63) is 12.2 Å². The van der Waals surface area contributed by atoms with Gasteiger partial charge in [-0.25, -0.2) is 0 Å². The van der Waals surface area contributed by atoms with Gasteiger partial charge in [0, 0.05) is 38.5 Å². The molecule has 0 aliphatic rings. The van der Waals surface area contributed by atoms with Gasteiger partial charge in [-0.2, -0.15) is 0 Å². The molecule has 0 atom stereocenters. The Labute approximate surface area is 105 Å². The molecule has 0 bridgehead atoms. The maximum Gasteiger partial charge on any atom is 0.502 e. The third-order valence-electron chi connectivity index (χ3n) is 2.43. The highest BCUT2D eigenvalue weighted by molar-refractivity contribution is 6.60. The van der Waals surface area contributed by atoms with E-state index in [1.54, 1.807) is 28.3 Å². The van der Waals surface area contributed by atoms with Crippen LogP contribution in [0.25, 0.3) is 0 Å². The Morgan fingerprint density at radius 2 is 1.65 bits per heavy atom. The van der Waals surface area contributed by atoms with Gasteiger partial charge in [0.25, 0.3) is 0 Å². The second kappa shape index (κ2) is 6.30. The van der Waals surface area contributed by atoms with E-state index in [9.17, 15) is 4.79 Å². The van der Waals surface area contributed by atoms with E-state index in [0.29, 0.717) is 11.6 Å². The van der Waals surface area contributed by atoms with E-state index in [1.807, 2.05) is 13.8 Å². The minimum atomic E-state index is -2.70. The highest BCUT2D eigenvalue weighted by Gasteiger charge is 2.44. The topological polar surface area (TPSA) is 56.8 Å². The van der Waals surface area contributed by atoms with Crippen molar-refractivity contribution >= 4 is 14.7 Å². The molecular formula is C11H23NO4Si. The lowest BCUT2D eigenvalue weighted by Crippen LogP contribution is -2.54. The third-order valence-corrected chi connectivity index (χ3v) is 5.61. The molecule has 1 N–H and O–H groups in total. The zero-order chi connectivity index (χ0) is 13.7. The first kappa shape index (κ1) is 16.3. The molecule has 6 heteroatoms. The van der Waals surface area contributed by atoms with Crippen molar-refractivity contribution in [3.63, 3.8) is 0 Å². The maximum absolute atomic E-state index is 11.6. The van der Waals surface area contributed by atoms with Crippen LogP contribution in [0, 0.1) is 0 Å². The molecule has 0 heterocycles. The van der Waals surface area contributed by atoms with Crippen molar-refractivity contribution < 1.29 is 18.1 Å². The number of hydrogen-bond acceptors (Lipinski definition) is 4. The van der Waals surface area contributed by atoms with Gasteiger partial charge in [0.15, 0.2) is 0 Å². The van der Waals surface area contributed by atoms with Gasteiger partial charge in [0.05, 0.1) is 0 Å². The normalized spacial score (nSPS) is 12.4. The van der Waals surface area contributed by atoms with Gasteiger partial charge in [-0.05, 0) is 20.8 Å². The monoisotopic (exact) mass is 261 g/mol. The zero-order valence-corrected chi connectivity index (χ0v) is 12.5. The van der Waals surface area contributed by atoms with Crippen molar-refractivity contribution in [3.8, 4) is 0 Å². The Hall–Kier alpha value is -0.693. The van der Waals surface area contributed by atoms with Crippen molar-refractivity contribution in [2.75, 3.05) is 21.3 Å². The number of rotatable bonds is 7. The largest absolute Gasteiger partial charge is 0.502 e. The lowest BCUT2D eigenvalue weighted by molar-refractivity contribution is -0.118. The van der Waals surface area contributed by atoms with E-state index in [-0.39, 0.29) is 5.91 Å². The molecule has 1 amide bonds. The van der Waals surface area contributed by atoms with Crippen LogP contribution < -0.4 is 5.32 Å². The Morgan fingerprint density at radius 3 is 1.94 bits per heavy atom. The van der Waals surface area contributed by atoms with Crippen molar-refractivity contribution in [2.24, 2.45) is 0 Å². The first-order valence-electron chi connectivity index (χ1n) is 5.35. The first-order valence-corrected chi connectivity index (χ1v) is 7.28. The summed E-state index contributed by atoms with van der Waals surface area (Å²) in [7, 11) is 1.96. The minimum Gasteiger partial charge on any atom is -0.377 e. The Balaban J connectivity index is 4.72. The highest BCUT2D eigenvalue weighted by Crippen LogP contribution is 2.22. The quantitative estimate of drug-likeness (QED) is 0.555. The molecule has 17 heavy (non-hydrogen) atoms. The second-order valence-corrected chi connectivity index (χ2v) is 7.53. The van der Waals surface area contributed by atoms with Crippen molar-refractivity contribution in [1.29, 1.82) is 0 Å². The molecule has 5 nitrogen and oxygen atoms in total. The summed E-state index contributed by atoms with van der Waals surface area (Å²) in [4.78, 5) is 11.6. The summed E-state index contributed by atoms with van der Waals surface area (Å²) in [5.41, 5.74) is -0.0119. The molecule has 0 spiro atoms. The predicted molar refractivity (Wildman–Crippen MR) is 68.6 cm³/mol. The molecule has 0 rings (SSSR count). The molecule has 0 aliphatic carbocycles. The molecule has 100 valence electrons. The first-order chi connectivity index (χ1) is 7.72. The molecule has 0 aromatic heterocycles. The number of hydrogen-bond donors (Lipinski definition) is 1. The molecule has 0 saturated heterocycles. The van der Waals surface area contributed by atoms with Crippen LogP contribution in [0.1, 0.15) is 20.8 Å². The van der Waals surface area contributed by atoms with Crippen LogP contribution in [0.5, 0.6) is 0 Å². The SMILES string of the molecule is C=C(C)C(=O)NC(C)(C)C[Si](OC)(OC)OC. The summed E-state index contributed by atoms with van der Waals surface area (Å²) < 4.78 is 16.0. The molecule has 0 aliphatic heterocycles. The second-order valence-electron chi connectivity index (χ2n) is 4.59. The average molecular weight is 261 g/mol. The highest BCUT2D eigenvalue weighted by atomic mass is 28.4. The van der Waals surface area contributed by atoms with Crippen LogP contribution in [0.15, 0.2) is 12.2 Å². The van der Waals surface area contributed by atoms with Crippen molar-refractivity contribution in [1.82, 2.24) is 5.32 Å². The molecule has 0 unspecified atom stereocenters. The fourth-order valence-corrected chi connectivity index (χ4v) is 3.57. The summed E-state index contributed by atoms with van der Waals surface area (Å²) in [5, 5.41) is 2.87. The summed E-state index contributed by atoms with van der Waals surface area (Å²) >= 11 is 0. The van der Waals surface area contributed by atoms with E-state index >= 15 is 0 Å². The number of carbonyl (C=O) groups is 1. The van der Waals surface area contributed by atoms with Crippen LogP contribution in [-0.2, 0) is 18.1 Å². The van der Waals surface area contributed by atoms with E-state index in [0.717, 1.165) is 0 Å². The van der Waals surface area contributed by atoms with Crippen LogP contribution in [-0.4, -0.2) is 41.6 Å². The van der Waals surface area contributed by atoms with Crippen LogP contribution in [0.4, 0.5) is 0 Å². The predicted octanol–water partition coefficient (Wildman–Crippen LogP) is 1.34. The van der Waals surface area contributed by atoms with Gasteiger partial charge in [-0.15, -0.1) is 0 Å². The van der Waals surface area contributed by atoms with Crippen molar-refractivity contribution in [2.45, 2.75) is 32.4 Å². The third kappa shape index (κ3) is 4.99. The molecule has 0 radical (unpaired) electrons. The van der Waals surface area contributed by atoms with E-state index < -0.39 is 14.3 Å². The Kier molecular flexibility index (Phi) is 6.04. The average Bonchev–Trinajstić information content (AvgIpc) is 2.25. The number of amides is 1. The minimum absolute atomic E-state index is 0.179. The molecule has 0 fully saturated rings. The maximum atomic E-state index is 11.6. The van der Waals surface area contributed by atoms with Crippen LogP contribution >= 0.6 is 0 Å². The van der Waals surface area contributed by atoms with Gasteiger partial charge >= 0.3 is 8.80 Å². The molecule has 0 aromatic carbocycles. The van der Waals surface area contributed by atoms with Gasteiger partial charge in [0.2, 0.25) is 5.91 Å². The van der Waals surface area contributed by atoms with E-state index in [4.69, 9.17) is 13.3 Å². The standard InChI is InChI=1S/C11H23NO4Si/c1-9(2)10(13)12-11(3,4)8-17(14-5,15-6)16-7/h1,8H2,2-7H3,(H,12,13). The lowest BCUT2D eigenvalue weighted by Gasteiger charge is -2.34. The lowest BCUT2D eigenvalue weighted by atomic mass is 10.1. The zero-order valence-electron chi connectivity index (χ0n) is 11.5. The van der Waals surface area contributed by atoms with Crippen LogP contribution in [0.2, 0.25) is 6.04 Å². The van der Waals surface area contributed by atoms with Gasteiger partial charge in [-0.3, -0.25) is 4.79 Å².